The molecule has 0 saturated heterocycles. The molecule has 0 aromatic heterocycles. The molecule has 0 heterocycles. The van der Waals surface area contributed by atoms with Crippen molar-refractivity contribution < 1.29 is 18.3 Å². The van der Waals surface area contributed by atoms with E-state index in [2.05, 4.69) is 0 Å². The van der Waals surface area contributed by atoms with Crippen molar-refractivity contribution in [2.24, 2.45) is 0 Å². The monoisotopic (exact) mass is 878 g/mol. The van der Waals surface area contributed by atoms with Gasteiger partial charge in [-0.3, -0.25) is 0 Å². The normalized spacial score (nSPS) is 12.1. The van der Waals surface area contributed by atoms with Crippen molar-refractivity contribution >= 4 is 92.2 Å². The molecule has 4 nitrogen and oxygen atoms in total. The van der Waals surface area contributed by atoms with E-state index in [9.17, 15) is 0 Å². The molecule has 0 bridgehead atoms. The quantitative estimate of drug-likeness (QED) is 0.116. The van der Waals surface area contributed by atoms with Gasteiger partial charge in [-0.15, -0.1) is 0 Å². The van der Waals surface area contributed by atoms with Crippen molar-refractivity contribution in [1.29, 1.82) is 0 Å². The van der Waals surface area contributed by atoms with Crippen LogP contribution in [0.25, 0.3) is 0 Å². The Labute approximate surface area is 363 Å². The molecule has 62 heavy (non-hydrogen) atoms. The molecule has 0 radical (unpaired) electrons. The molecule has 0 fully saturated rings. The molecule has 0 saturated carbocycles. The molecule has 0 amide bonds. The second-order valence-electron chi connectivity index (χ2n) is 15.0. The zero-order chi connectivity index (χ0) is 42.6. The number of hydrogen-bond acceptors (Lipinski definition) is 4. The van der Waals surface area contributed by atoms with E-state index in [1.165, 1.54) is 0 Å². The summed E-state index contributed by atoms with van der Waals surface area (Å²) in [7, 11) is -16.1. The molecule has 0 aliphatic rings. The smallest absolute Gasteiger partial charge is 0.171 e. The van der Waals surface area contributed by atoms with E-state index in [1.54, 1.807) is 12.1 Å². The van der Waals surface area contributed by atoms with E-state index in [-0.39, 0.29) is 21.2 Å². The highest BCUT2D eigenvalue weighted by Gasteiger charge is 2.46. The first-order valence-electron chi connectivity index (χ1n) is 20.4. The summed E-state index contributed by atoms with van der Waals surface area (Å²) in [4.78, 5) is 0. The first-order valence-corrected chi connectivity index (χ1v) is 27.2. The van der Waals surface area contributed by atoms with Crippen LogP contribution in [-0.2, 0) is 18.3 Å². The molecule has 9 rings (SSSR count). The van der Waals surface area contributed by atoms with Crippen LogP contribution in [0.2, 0.25) is 0 Å². The first-order chi connectivity index (χ1) is 30.3. The summed E-state index contributed by atoms with van der Waals surface area (Å²) in [6.07, 6.45) is 0. The van der Waals surface area contributed by atoms with E-state index in [0.717, 1.165) is 0 Å². The van der Waals surface area contributed by atoms with Crippen LogP contribution < -0.4 is 63.7 Å². The van der Waals surface area contributed by atoms with Crippen LogP contribution in [0.1, 0.15) is 0 Å². The average molecular weight is 879 g/mol. The highest BCUT2D eigenvalue weighted by Crippen LogP contribution is 2.53. The molecule has 0 aliphatic carbocycles. The van der Waals surface area contributed by atoms with Gasteiger partial charge in [0.15, 0.2) is 28.6 Å². The fourth-order valence-electron chi connectivity index (χ4n) is 8.38. The van der Waals surface area contributed by atoms with E-state index < -0.39 is 28.6 Å². The lowest BCUT2D eigenvalue weighted by molar-refractivity contribution is 0.589. The van der Waals surface area contributed by atoms with E-state index in [4.69, 9.17) is 0 Å². The molecular formula is C54H42O4P4. The van der Waals surface area contributed by atoms with Gasteiger partial charge < -0.3 is 18.3 Å². The molecule has 0 N–H and O–H groups in total. The molecule has 9 aromatic carbocycles. The first kappa shape index (κ1) is 41.3. The predicted molar refractivity (Wildman–Crippen MR) is 264 cm³/mol. The minimum absolute atomic E-state index is 0.268. The Morgan fingerprint density at radius 2 is 0.290 bits per heavy atom. The molecular weight excluding hydrogens is 836 g/mol. The van der Waals surface area contributed by atoms with Crippen molar-refractivity contribution in [2.45, 2.75) is 0 Å². The van der Waals surface area contributed by atoms with Gasteiger partial charge in [0.1, 0.15) is 0 Å². The van der Waals surface area contributed by atoms with E-state index in [0.29, 0.717) is 42.4 Å². The molecule has 302 valence electrons. The van der Waals surface area contributed by atoms with Crippen LogP contribution >= 0.6 is 28.6 Å². The van der Waals surface area contributed by atoms with Crippen LogP contribution in [0.5, 0.6) is 0 Å². The highest BCUT2D eigenvalue weighted by molar-refractivity contribution is 7.93. The second-order valence-corrected chi connectivity index (χ2v) is 25.9. The van der Waals surface area contributed by atoms with Gasteiger partial charge in [0.25, 0.3) is 0 Å². The van der Waals surface area contributed by atoms with Gasteiger partial charge in [0, 0.05) is 63.7 Å². The lowest BCUT2D eigenvalue weighted by atomic mass is 10.3. The van der Waals surface area contributed by atoms with E-state index >= 15 is 18.3 Å². The summed E-state index contributed by atoms with van der Waals surface area (Å²) in [5.41, 5.74) is 0. The van der Waals surface area contributed by atoms with Crippen molar-refractivity contribution in [3.8, 4) is 0 Å². The summed E-state index contributed by atoms with van der Waals surface area (Å²) in [6.45, 7) is 0. The Morgan fingerprint density at radius 1 is 0.177 bits per heavy atom. The van der Waals surface area contributed by atoms with Gasteiger partial charge in [0.2, 0.25) is 0 Å². The third-order valence-electron chi connectivity index (χ3n) is 11.4. The topological polar surface area (TPSA) is 68.3 Å². The fraction of sp³-hybridized carbons (Fsp3) is 0. The number of rotatable bonds is 12. The lowest BCUT2D eigenvalue weighted by Crippen LogP contribution is -2.47. The Balaban J connectivity index is 1.58. The lowest BCUT2D eigenvalue weighted by Gasteiger charge is -2.33. The summed E-state index contributed by atoms with van der Waals surface area (Å²) in [5, 5.41) is 5.20. The van der Waals surface area contributed by atoms with Gasteiger partial charge in [-0.2, -0.15) is 0 Å². The van der Waals surface area contributed by atoms with Gasteiger partial charge in [-0.25, -0.2) is 0 Å². The minimum atomic E-state index is -4.03. The Morgan fingerprint density at radius 3 is 0.403 bits per heavy atom. The zero-order valence-electron chi connectivity index (χ0n) is 33.7. The summed E-state index contributed by atoms with van der Waals surface area (Å²) < 4.78 is 68.5. The molecule has 0 spiro atoms. The van der Waals surface area contributed by atoms with Crippen LogP contribution in [0.15, 0.2) is 255 Å². The molecule has 0 atom stereocenters. The third kappa shape index (κ3) is 7.09. The molecule has 0 unspecified atom stereocenters. The Kier molecular flexibility index (Phi) is 11.5. The van der Waals surface area contributed by atoms with Crippen molar-refractivity contribution in [3.05, 3.63) is 255 Å². The Hall–Kier alpha value is -6.10. The molecule has 9 aromatic rings. The maximum absolute atomic E-state index is 17.1. The van der Waals surface area contributed by atoms with E-state index in [1.807, 2.05) is 243 Å². The van der Waals surface area contributed by atoms with Crippen molar-refractivity contribution in [2.75, 3.05) is 0 Å². The molecule has 8 heteroatoms. The third-order valence-corrected chi connectivity index (χ3v) is 24.1. The SMILES string of the molecule is O=P(c1ccccc1)(c1ccccc1)c1cc(P(=O)(c2ccccc2)c2ccccc2)c(P(=O)(c2ccccc2)c2ccccc2)cc1P(=O)(c1ccccc1)c1ccccc1. The molecule has 0 aliphatic heterocycles. The fourth-order valence-corrected chi connectivity index (χ4v) is 21.2. The average Bonchev–Trinajstić information content (AvgIpc) is 3.37. The highest BCUT2D eigenvalue weighted by atomic mass is 31.2. The van der Waals surface area contributed by atoms with Crippen molar-refractivity contribution in [3.63, 3.8) is 0 Å². The van der Waals surface area contributed by atoms with Crippen LogP contribution in [0, 0.1) is 0 Å². The number of hydrogen-bond donors (Lipinski definition) is 0. The maximum Gasteiger partial charge on any atom is 0.171 e. The zero-order valence-corrected chi connectivity index (χ0v) is 37.2. The van der Waals surface area contributed by atoms with Crippen LogP contribution in [0.3, 0.4) is 0 Å². The number of benzene rings is 9. The Bertz CT molecular complexity index is 2550. The second kappa shape index (κ2) is 17.3. The minimum Gasteiger partial charge on any atom is -0.309 e. The van der Waals surface area contributed by atoms with Gasteiger partial charge in [0.05, 0.1) is 0 Å². The van der Waals surface area contributed by atoms with Crippen LogP contribution in [0.4, 0.5) is 0 Å². The van der Waals surface area contributed by atoms with Gasteiger partial charge in [-0.05, 0) is 12.1 Å². The summed E-state index contributed by atoms with van der Waals surface area (Å²) in [5.74, 6) is 0. The maximum atomic E-state index is 17.1. The largest absolute Gasteiger partial charge is 0.309 e. The standard InChI is InChI=1S/C54H42O4P4/c55-59(43-25-9-1-10-26-43,44-27-11-2-12-28-44)51-41-53(61(57,47-33-17-5-18-34-47)48-35-19-6-20-36-48)54(62(58,49-37-21-7-22-38-49)50-39-23-8-24-40-50)42-52(51)60(56,45-29-13-3-14-30-45)46-31-15-4-16-32-46/h1-42H. The predicted octanol–water partition coefficient (Wildman–Crippen LogP) is 8.24. The summed E-state index contributed by atoms with van der Waals surface area (Å²) in [6, 6.07) is 77.7. The van der Waals surface area contributed by atoms with Crippen molar-refractivity contribution in [1.82, 2.24) is 0 Å². The van der Waals surface area contributed by atoms with Gasteiger partial charge in [-0.1, -0.05) is 243 Å². The van der Waals surface area contributed by atoms with Crippen LogP contribution in [-0.4, -0.2) is 0 Å². The summed E-state index contributed by atoms with van der Waals surface area (Å²) >= 11 is 0. The van der Waals surface area contributed by atoms with Gasteiger partial charge >= 0.3 is 0 Å².